The van der Waals surface area contributed by atoms with Crippen LogP contribution >= 0.6 is 0 Å². The second kappa shape index (κ2) is 11.2. The summed E-state index contributed by atoms with van der Waals surface area (Å²) < 4.78 is 12.9. The highest BCUT2D eigenvalue weighted by molar-refractivity contribution is 6.21. The minimum Gasteiger partial charge on any atom is -0.456 e. The van der Waals surface area contributed by atoms with Crippen LogP contribution in [0.4, 0.5) is 0 Å². The Labute approximate surface area is 297 Å². The first-order valence-electron chi connectivity index (χ1n) is 17.3. The van der Waals surface area contributed by atoms with Crippen molar-refractivity contribution in [2.75, 3.05) is 0 Å². The van der Waals surface area contributed by atoms with Gasteiger partial charge in [0.2, 0.25) is 0 Å². The zero-order chi connectivity index (χ0) is 34.2. The molecular weight excluding hydrogens is 639 g/mol. The summed E-state index contributed by atoms with van der Waals surface area (Å²) in [5.74, 6) is 1.74. The summed E-state index contributed by atoms with van der Waals surface area (Å²) in [5.41, 5.74) is 8.20. The third-order valence-corrected chi connectivity index (χ3v) is 10.1. The van der Waals surface area contributed by atoms with Gasteiger partial charge in [-0.15, -0.1) is 0 Å². The fourth-order valence-electron chi connectivity index (χ4n) is 7.69. The molecule has 8 aromatic carbocycles. The molecule has 0 bridgehead atoms. The standard InChI is InChI=1S/C47H27N3O2/c1-2-12-29(13-3-1)45-48-46(50-47(49-45)37-18-10-20-39-43(37)35-17-8-9-19-38(35)51-39)33-23-24-36-40(27-33)52-41-26-31-15-6-7-16-34(31)42(44(36)41)32-22-21-28-11-4-5-14-30(28)25-32/h1-27H. The van der Waals surface area contributed by atoms with Gasteiger partial charge in [0.05, 0.1) is 0 Å². The maximum Gasteiger partial charge on any atom is 0.164 e. The number of rotatable bonds is 4. The van der Waals surface area contributed by atoms with E-state index in [2.05, 4.69) is 103 Å². The van der Waals surface area contributed by atoms with E-state index in [1.807, 2.05) is 60.7 Å². The van der Waals surface area contributed by atoms with E-state index in [4.69, 9.17) is 23.8 Å². The van der Waals surface area contributed by atoms with Crippen LogP contribution < -0.4 is 0 Å². The first-order valence-corrected chi connectivity index (χ1v) is 17.3. The molecule has 0 unspecified atom stereocenters. The van der Waals surface area contributed by atoms with Gasteiger partial charge >= 0.3 is 0 Å². The third kappa shape index (κ3) is 4.46. The van der Waals surface area contributed by atoms with E-state index in [9.17, 15) is 0 Å². The lowest BCUT2D eigenvalue weighted by molar-refractivity contribution is 0.669. The van der Waals surface area contributed by atoms with Crippen LogP contribution in [0.1, 0.15) is 0 Å². The predicted molar refractivity (Wildman–Crippen MR) is 211 cm³/mol. The number of para-hydroxylation sites is 1. The number of furan rings is 2. The van der Waals surface area contributed by atoms with Crippen LogP contribution in [0.2, 0.25) is 0 Å². The van der Waals surface area contributed by atoms with Crippen molar-refractivity contribution in [1.29, 1.82) is 0 Å². The van der Waals surface area contributed by atoms with Crippen molar-refractivity contribution < 1.29 is 8.83 Å². The molecule has 0 saturated heterocycles. The number of hydrogen-bond acceptors (Lipinski definition) is 5. The van der Waals surface area contributed by atoms with Gasteiger partial charge in [-0.1, -0.05) is 127 Å². The minimum atomic E-state index is 0.566. The highest BCUT2D eigenvalue weighted by Gasteiger charge is 2.20. The summed E-state index contributed by atoms with van der Waals surface area (Å²) in [7, 11) is 0. The van der Waals surface area contributed by atoms with Gasteiger partial charge in [-0.05, 0) is 63.5 Å². The molecule has 0 aliphatic heterocycles. The lowest BCUT2D eigenvalue weighted by atomic mass is 9.92. The van der Waals surface area contributed by atoms with Gasteiger partial charge in [0.15, 0.2) is 17.5 Å². The molecule has 0 saturated carbocycles. The van der Waals surface area contributed by atoms with Gasteiger partial charge in [-0.25, -0.2) is 15.0 Å². The summed E-state index contributed by atoms with van der Waals surface area (Å²) in [6.07, 6.45) is 0. The van der Waals surface area contributed by atoms with Gasteiger partial charge in [-0.2, -0.15) is 0 Å². The number of fused-ring (bicyclic) bond motifs is 8. The van der Waals surface area contributed by atoms with E-state index in [0.29, 0.717) is 17.5 Å². The van der Waals surface area contributed by atoms with Crippen LogP contribution in [-0.2, 0) is 0 Å². The van der Waals surface area contributed by atoms with Crippen LogP contribution in [0.15, 0.2) is 173 Å². The normalized spacial score (nSPS) is 11.8. The summed E-state index contributed by atoms with van der Waals surface area (Å²) in [4.78, 5) is 15.2. The molecule has 11 rings (SSSR count). The molecule has 52 heavy (non-hydrogen) atoms. The molecule has 0 N–H and O–H groups in total. The molecule has 5 nitrogen and oxygen atoms in total. The maximum atomic E-state index is 6.71. The Morgan fingerprint density at radius 3 is 1.87 bits per heavy atom. The largest absolute Gasteiger partial charge is 0.456 e. The first-order chi connectivity index (χ1) is 25.7. The molecule has 11 aromatic rings. The Balaban J connectivity index is 1.14. The topological polar surface area (TPSA) is 65.0 Å². The van der Waals surface area contributed by atoms with Crippen LogP contribution in [0.25, 0.3) is 111 Å². The van der Waals surface area contributed by atoms with E-state index in [0.717, 1.165) is 71.5 Å². The van der Waals surface area contributed by atoms with Gasteiger partial charge in [0.1, 0.15) is 22.3 Å². The van der Waals surface area contributed by atoms with Gasteiger partial charge in [0.25, 0.3) is 0 Å². The zero-order valence-electron chi connectivity index (χ0n) is 27.7. The lowest BCUT2D eigenvalue weighted by Gasteiger charge is -2.11. The monoisotopic (exact) mass is 665 g/mol. The van der Waals surface area contributed by atoms with Crippen molar-refractivity contribution in [3.8, 4) is 45.3 Å². The highest BCUT2D eigenvalue weighted by atomic mass is 16.3. The second-order valence-electron chi connectivity index (χ2n) is 13.2. The first kappa shape index (κ1) is 28.7. The fourth-order valence-corrected chi connectivity index (χ4v) is 7.69. The molecule has 0 atom stereocenters. The van der Waals surface area contributed by atoms with E-state index in [1.165, 1.54) is 21.7 Å². The molecule has 0 aliphatic rings. The van der Waals surface area contributed by atoms with E-state index < -0.39 is 0 Å². The van der Waals surface area contributed by atoms with Crippen molar-refractivity contribution in [2.24, 2.45) is 0 Å². The Bertz CT molecular complexity index is 3190. The number of benzene rings is 8. The van der Waals surface area contributed by atoms with Gasteiger partial charge < -0.3 is 8.83 Å². The Morgan fingerprint density at radius 2 is 0.981 bits per heavy atom. The van der Waals surface area contributed by atoms with Crippen molar-refractivity contribution >= 4 is 65.4 Å². The molecule has 242 valence electrons. The summed E-state index contributed by atoms with van der Waals surface area (Å²) in [6.45, 7) is 0. The van der Waals surface area contributed by atoms with E-state index >= 15 is 0 Å². The fraction of sp³-hybridized carbons (Fsp3) is 0. The Kier molecular flexibility index (Phi) is 6.18. The Morgan fingerprint density at radius 1 is 0.327 bits per heavy atom. The van der Waals surface area contributed by atoms with Crippen LogP contribution in [-0.4, -0.2) is 15.0 Å². The number of aromatic nitrogens is 3. The van der Waals surface area contributed by atoms with Gasteiger partial charge in [0, 0.05) is 43.8 Å². The maximum absolute atomic E-state index is 6.71. The second-order valence-corrected chi connectivity index (χ2v) is 13.2. The minimum absolute atomic E-state index is 0.566. The molecule has 0 fully saturated rings. The molecule has 0 amide bonds. The quantitative estimate of drug-likeness (QED) is 0.187. The van der Waals surface area contributed by atoms with Crippen molar-refractivity contribution in [1.82, 2.24) is 15.0 Å². The molecular formula is C47H27N3O2. The predicted octanol–water partition coefficient (Wildman–Crippen LogP) is 12.6. The highest BCUT2D eigenvalue weighted by Crippen LogP contribution is 2.43. The average Bonchev–Trinajstić information content (AvgIpc) is 3.77. The zero-order valence-corrected chi connectivity index (χ0v) is 27.7. The van der Waals surface area contributed by atoms with E-state index in [1.54, 1.807) is 0 Å². The van der Waals surface area contributed by atoms with Crippen LogP contribution in [0.3, 0.4) is 0 Å². The summed E-state index contributed by atoms with van der Waals surface area (Å²) in [6, 6.07) is 56.4. The number of hydrogen-bond donors (Lipinski definition) is 0. The molecule has 0 aliphatic carbocycles. The SMILES string of the molecule is c1ccc(-c2nc(-c3ccc4c(c3)oc3cc5ccccc5c(-c5ccc6ccccc6c5)c34)nc(-c3cccc4oc5ccccc5c34)n2)cc1. The van der Waals surface area contributed by atoms with Crippen molar-refractivity contribution in [3.05, 3.63) is 164 Å². The third-order valence-electron chi connectivity index (χ3n) is 10.1. The number of nitrogens with zero attached hydrogens (tertiary/aromatic N) is 3. The molecule has 0 radical (unpaired) electrons. The smallest absolute Gasteiger partial charge is 0.164 e. The van der Waals surface area contributed by atoms with Crippen molar-refractivity contribution in [2.45, 2.75) is 0 Å². The molecule has 3 heterocycles. The summed E-state index contributed by atoms with van der Waals surface area (Å²) in [5, 5.41) is 8.88. The van der Waals surface area contributed by atoms with Crippen LogP contribution in [0, 0.1) is 0 Å². The van der Waals surface area contributed by atoms with Crippen LogP contribution in [0.5, 0.6) is 0 Å². The van der Waals surface area contributed by atoms with E-state index in [-0.39, 0.29) is 0 Å². The Hall–Kier alpha value is -7.11. The van der Waals surface area contributed by atoms with Crippen molar-refractivity contribution in [3.63, 3.8) is 0 Å². The lowest BCUT2D eigenvalue weighted by Crippen LogP contribution is -2.00. The molecule has 3 aromatic heterocycles. The molecule has 5 heteroatoms. The average molecular weight is 666 g/mol. The van der Waals surface area contributed by atoms with Gasteiger partial charge in [-0.3, -0.25) is 0 Å². The summed E-state index contributed by atoms with van der Waals surface area (Å²) >= 11 is 0. The molecule has 0 spiro atoms.